The van der Waals surface area contributed by atoms with Crippen molar-refractivity contribution in [3.8, 4) is 0 Å². The first kappa shape index (κ1) is 19.2. The summed E-state index contributed by atoms with van der Waals surface area (Å²) >= 11 is 4.32. The molecule has 0 radical (unpaired) electrons. The van der Waals surface area contributed by atoms with Crippen LogP contribution >= 0.6 is 27.7 Å². The van der Waals surface area contributed by atoms with E-state index in [0.29, 0.717) is 22.4 Å². The Morgan fingerprint density at radius 1 is 1.50 bits per heavy atom. The van der Waals surface area contributed by atoms with Crippen molar-refractivity contribution in [2.24, 2.45) is 0 Å². The van der Waals surface area contributed by atoms with Gasteiger partial charge in [-0.15, -0.1) is 0 Å². The largest absolute Gasteiger partial charge is 0.348 e. The summed E-state index contributed by atoms with van der Waals surface area (Å²) < 4.78 is 29.4. The fourth-order valence-corrected chi connectivity index (χ4v) is 3.51. The molecule has 1 aliphatic rings. The summed E-state index contributed by atoms with van der Waals surface area (Å²) in [5.41, 5.74) is 0.257. The number of hydrogen-bond acceptors (Lipinski definition) is 8. The smallest absolute Gasteiger partial charge is 0.186 e. The Balaban J connectivity index is 1.69. The van der Waals surface area contributed by atoms with Gasteiger partial charge in [0, 0.05) is 5.75 Å². The van der Waals surface area contributed by atoms with Gasteiger partial charge in [-0.1, -0.05) is 11.8 Å². The highest BCUT2D eigenvalue weighted by molar-refractivity contribution is 9.10. The van der Waals surface area contributed by atoms with Gasteiger partial charge in [-0.05, 0) is 58.3 Å². The predicted octanol–water partition coefficient (Wildman–Crippen LogP) is 3.44. The lowest BCUT2D eigenvalue weighted by Crippen LogP contribution is -2.28. The fraction of sp³-hybridized carbons (Fsp3) is 0.400. The maximum absolute atomic E-state index is 13.3. The fourth-order valence-electron chi connectivity index (χ4n) is 2.28. The highest BCUT2D eigenvalue weighted by atomic mass is 79.9. The molecule has 1 unspecified atom stereocenters. The number of thioether (sulfide) groups is 1. The summed E-state index contributed by atoms with van der Waals surface area (Å²) in [7, 11) is 0. The van der Waals surface area contributed by atoms with Crippen molar-refractivity contribution in [2.75, 3.05) is 17.4 Å². The van der Waals surface area contributed by atoms with Crippen molar-refractivity contribution in [3.63, 3.8) is 0 Å². The number of hydrogen-bond donors (Lipinski definition) is 2. The molecule has 1 atom stereocenters. The number of benzene rings is 1. The number of hydroxylamine groups is 1. The monoisotopic (exact) mass is 446 g/mol. The van der Waals surface area contributed by atoms with Gasteiger partial charge in [0.25, 0.3) is 0 Å². The minimum atomic E-state index is -0.624. The zero-order valence-corrected chi connectivity index (χ0v) is 16.3. The second-order valence-corrected chi connectivity index (χ2v) is 7.80. The van der Waals surface area contributed by atoms with Crippen LogP contribution in [0.25, 0.3) is 0 Å². The quantitative estimate of drug-likeness (QED) is 0.311. The maximum atomic E-state index is 13.3. The maximum Gasteiger partial charge on any atom is 0.186 e. The third-order valence-electron chi connectivity index (χ3n) is 3.52. The molecular weight excluding hydrogens is 431 g/mol. The van der Waals surface area contributed by atoms with E-state index in [2.05, 4.69) is 26.2 Å². The molecule has 1 aliphatic heterocycles. The van der Waals surface area contributed by atoms with Crippen LogP contribution in [0.1, 0.15) is 19.5 Å². The molecule has 2 aromatic rings. The van der Waals surface area contributed by atoms with Gasteiger partial charge < -0.3 is 9.47 Å². The molecule has 8 nitrogen and oxygen atoms in total. The predicted molar refractivity (Wildman–Crippen MR) is 95.1 cm³/mol. The first-order chi connectivity index (χ1) is 12.3. The van der Waals surface area contributed by atoms with E-state index in [1.807, 2.05) is 13.8 Å². The van der Waals surface area contributed by atoms with Gasteiger partial charge in [0.1, 0.15) is 5.82 Å². The van der Waals surface area contributed by atoms with Crippen LogP contribution in [0.5, 0.6) is 0 Å². The Morgan fingerprint density at radius 3 is 2.92 bits per heavy atom. The topological polar surface area (TPSA) is 105 Å². The van der Waals surface area contributed by atoms with Crippen molar-refractivity contribution in [3.05, 3.63) is 34.2 Å². The Labute approximate surface area is 161 Å². The van der Waals surface area contributed by atoms with Crippen LogP contribution in [-0.4, -0.2) is 45.6 Å². The third-order valence-corrected chi connectivity index (χ3v) is 5.20. The normalized spacial score (nSPS) is 18.9. The summed E-state index contributed by atoms with van der Waals surface area (Å²) in [4.78, 5) is 0. The Bertz CT molecular complexity index is 819. The summed E-state index contributed by atoms with van der Waals surface area (Å²) in [6.07, 6.45) is -0.132. The van der Waals surface area contributed by atoms with Crippen LogP contribution in [0.15, 0.2) is 32.3 Å². The minimum Gasteiger partial charge on any atom is -0.348 e. The molecular formula is C15H16BrFN4O4S. The molecule has 0 bridgehead atoms. The second-order valence-electron chi connectivity index (χ2n) is 5.94. The van der Waals surface area contributed by atoms with Crippen LogP contribution in [0, 0.1) is 11.2 Å². The molecule has 2 N–H and O–H groups in total. The SMILES string of the molecule is CC1(C)OCC(CSc2nonc2C(=N)N(O)c2ccc(F)c(Br)c2)O1. The van der Waals surface area contributed by atoms with Crippen molar-refractivity contribution >= 4 is 39.2 Å². The lowest BCUT2D eigenvalue weighted by atomic mass is 10.3. The molecule has 0 spiro atoms. The van der Waals surface area contributed by atoms with E-state index < -0.39 is 11.6 Å². The van der Waals surface area contributed by atoms with Gasteiger partial charge in [-0.2, -0.15) is 0 Å². The van der Waals surface area contributed by atoms with Crippen LogP contribution in [0.4, 0.5) is 10.1 Å². The number of ether oxygens (including phenoxy) is 2. The number of anilines is 1. The lowest BCUT2D eigenvalue weighted by molar-refractivity contribution is -0.135. The van der Waals surface area contributed by atoms with Gasteiger partial charge in [0.2, 0.25) is 0 Å². The third kappa shape index (κ3) is 4.23. The van der Waals surface area contributed by atoms with Gasteiger partial charge in [-0.3, -0.25) is 10.6 Å². The Kier molecular flexibility index (Phi) is 5.63. The van der Waals surface area contributed by atoms with Crippen LogP contribution in [0.2, 0.25) is 0 Å². The molecule has 1 saturated heterocycles. The molecule has 11 heteroatoms. The lowest BCUT2D eigenvalue weighted by Gasteiger charge is -2.17. The standard InChI is InChI=1S/C15H16BrFN4O4S/c1-15(2)23-6-9(24-15)7-26-14-12(19-25-20-14)13(18)21(22)8-3-4-11(17)10(16)5-8/h3-5,9,18,22H,6-7H2,1-2H3. The van der Waals surface area contributed by atoms with E-state index in [4.69, 9.17) is 19.5 Å². The van der Waals surface area contributed by atoms with Crippen molar-refractivity contribution in [1.29, 1.82) is 5.41 Å². The molecule has 0 saturated carbocycles. The first-order valence-corrected chi connectivity index (χ1v) is 9.35. The van der Waals surface area contributed by atoms with Gasteiger partial charge >= 0.3 is 0 Å². The van der Waals surface area contributed by atoms with Gasteiger partial charge in [0.05, 0.1) is 22.9 Å². The van der Waals surface area contributed by atoms with E-state index in [1.165, 1.54) is 30.0 Å². The summed E-state index contributed by atoms with van der Waals surface area (Å²) in [5.74, 6) is -0.933. The summed E-state index contributed by atoms with van der Waals surface area (Å²) in [6.45, 7) is 4.12. The number of rotatable bonds is 5. The molecule has 3 rings (SSSR count). The highest BCUT2D eigenvalue weighted by Crippen LogP contribution is 2.29. The summed E-state index contributed by atoms with van der Waals surface area (Å²) in [5, 5.41) is 26.8. The van der Waals surface area contributed by atoms with E-state index in [-0.39, 0.29) is 27.8 Å². The van der Waals surface area contributed by atoms with E-state index in [9.17, 15) is 9.60 Å². The van der Waals surface area contributed by atoms with Crippen LogP contribution in [0.3, 0.4) is 0 Å². The first-order valence-electron chi connectivity index (χ1n) is 7.57. The van der Waals surface area contributed by atoms with E-state index >= 15 is 0 Å². The van der Waals surface area contributed by atoms with Crippen LogP contribution in [-0.2, 0) is 9.47 Å². The zero-order chi connectivity index (χ0) is 18.9. The Hall–Kier alpha value is -1.53. The molecule has 1 aromatic carbocycles. The average Bonchev–Trinajstić information content (AvgIpc) is 3.20. The molecule has 0 amide bonds. The second kappa shape index (κ2) is 7.61. The van der Waals surface area contributed by atoms with E-state index in [1.54, 1.807) is 0 Å². The molecule has 2 heterocycles. The highest BCUT2D eigenvalue weighted by Gasteiger charge is 2.33. The number of aromatic nitrogens is 2. The Morgan fingerprint density at radius 2 is 2.27 bits per heavy atom. The molecule has 0 aliphatic carbocycles. The zero-order valence-electron chi connectivity index (χ0n) is 13.9. The van der Waals surface area contributed by atoms with Crippen molar-refractivity contribution < 1.29 is 23.7 Å². The molecule has 140 valence electrons. The number of nitrogens with one attached hydrogen (secondary N) is 1. The van der Waals surface area contributed by atoms with Crippen LogP contribution < -0.4 is 5.06 Å². The average molecular weight is 447 g/mol. The summed E-state index contributed by atoms with van der Waals surface area (Å²) in [6, 6.07) is 3.85. The van der Waals surface area contributed by atoms with Gasteiger partial charge in [-0.25, -0.2) is 14.1 Å². The molecule has 26 heavy (non-hydrogen) atoms. The molecule has 1 aromatic heterocycles. The minimum absolute atomic E-state index is 0.0659. The molecule has 1 fully saturated rings. The number of nitrogens with zero attached hydrogens (tertiary/aromatic N) is 3. The number of amidine groups is 1. The van der Waals surface area contributed by atoms with E-state index in [0.717, 1.165) is 0 Å². The number of halogens is 2. The van der Waals surface area contributed by atoms with Gasteiger partial charge in [0.15, 0.2) is 22.3 Å². The van der Waals surface area contributed by atoms with Crippen molar-refractivity contribution in [1.82, 2.24) is 10.3 Å². The van der Waals surface area contributed by atoms with Crippen molar-refractivity contribution in [2.45, 2.75) is 30.8 Å².